The van der Waals surface area contributed by atoms with Crippen molar-refractivity contribution in [3.05, 3.63) is 81.3 Å². The molecule has 0 aliphatic carbocycles. The molecule has 0 aliphatic rings. The molecular formula is C15H13N7O4S2. The van der Waals surface area contributed by atoms with Crippen molar-refractivity contribution in [3.63, 3.8) is 0 Å². The molecule has 2 heterocycles. The lowest BCUT2D eigenvalue weighted by Gasteiger charge is -2.19. The van der Waals surface area contributed by atoms with Crippen LogP contribution in [0.15, 0.2) is 33.9 Å². The van der Waals surface area contributed by atoms with Crippen LogP contribution in [0, 0.1) is 19.7 Å². The number of anilines is 2. The molecule has 0 atom stereocenters. The zero-order valence-corrected chi connectivity index (χ0v) is 15.6. The van der Waals surface area contributed by atoms with E-state index in [4.69, 9.17) is 35.9 Å². The summed E-state index contributed by atoms with van der Waals surface area (Å²) in [6, 6.07) is 5.30. The lowest BCUT2D eigenvalue weighted by atomic mass is 9.86. The Balaban J connectivity index is 2.38. The fourth-order valence-corrected chi connectivity index (χ4v) is 3.27. The molecular weight excluding hydrogens is 406 g/mol. The smallest absolute Gasteiger partial charge is 0.269 e. The van der Waals surface area contributed by atoms with Crippen LogP contribution in [0.1, 0.15) is 22.6 Å². The molecule has 0 bridgehead atoms. The molecule has 0 saturated carbocycles. The largest absolute Gasteiger partial charge is 0.385 e. The van der Waals surface area contributed by atoms with Crippen LogP contribution in [0.25, 0.3) is 0 Å². The first kappa shape index (κ1) is 19.2. The number of aromatic amines is 4. The molecule has 0 unspecified atom stereocenters. The number of nitro groups is 1. The molecule has 8 N–H and O–H groups in total. The van der Waals surface area contributed by atoms with Crippen molar-refractivity contribution in [2.45, 2.75) is 5.92 Å². The number of benzene rings is 1. The highest BCUT2D eigenvalue weighted by molar-refractivity contribution is 7.71. The Bertz CT molecular complexity index is 1230. The topological polar surface area (TPSA) is 192 Å². The van der Waals surface area contributed by atoms with Gasteiger partial charge >= 0.3 is 0 Å². The van der Waals surface area contributed by atoms with Gasteiger partial charge in [0.15, 0.2) is 9.54 Å². The van der Waals surface area contributed by atoms with Crippen molar-refractivity contribution in [2.75, 3.05) is 11.5 Å². The van der Waals surface area contributed by atoms with Crippen LogP contribution < -0.4 is 22.6 Å². The minimum Gasteiger partial charge on any atom is -0.385 e. The number of nitrogens with one attached hydrogen (secondary N) is 4. The molecule has 3 aromatic rings. The number of hydrogen-bond donors (Lipinski definition) is 6. The Morgan fingerprint density at radius 3 is 1.64 bits per heavy atom. The van der Waals surface area contributed by atoms with Crippen molar-refractivity contribution >= 4 is 41.8 Å². The number of nitro benzene ring substituents is 1. The Morgan fingerprint density at radius 1 is 0.857 bits per heavy atom. The molecule has 2 aromatic heterocycles. The van der Waals surface area contributed by atoms with E-state index in [2.05, 4.69) is 19.9 Å². The number of aromatic nitrogens is 4. The van der Waals surface area contributed by atoms with E-state index in [0.29, 0.717) is 5.56 Å². The van der Waals surface area contributed by atoms with Gasteiger partial charge in [0.1, 0.15) is 11.6 Å². The van der Waals surface area contributed by atoms with Crippen LogP contribution in [-0.2, 0) is 0 Å². The maximum Gasteiger partial charge on any atom is 0.269 e. The second kappa shape index (κ2) is 7.21. The maximum atomic E-state index is 12.6. The first-order valence-electron chi connectivity index (χ1n) is 7.67. The van der Waals surface area contributed by atoms with E-state index in [9.17, 15) is 19.7 Å². The highest BCUT2D eigenvalue weighted by Gasteiger charge is 2.28. The highest BCUT2D eigenvalue weighted by atomic mass is 32.1. The summed E-state index contributed by atoms with van der Waals surface area (Å²) in [5.74, 6) is -1.19. The number of nitrogens with two attached hydrogens (primary N) is 2. The predicted octanol–water partition coefficient (Wildman–Crippen LogP) is 1.43. The van der Waals surface area contributed by atoms with Gasteiger partial charge in [-0.05, 0) is 30.0 Å². The number of H-pyrrole nitrogens is 4. The number of nitrogen functional groups attached to an aromatic ring is 2. The Morgan fingerprint density at radius 2 is 1.29 bits per heavy atom. The molecule has 0 saturated heterocycles. The molecule has 11 nitrogen and oxygen atoms in total. The highest BCUT2D eigenvalue weighted by Crippen LogP contribution is 2.33. The van der Waals surface area contributed by atoms with Gasteiger partial charge in [0, 0.05) is 12.1 Å². The van der Waals surface area contributed by atoms with Crippen LogP contribution in [0.4, 0.5) is 17.3 Å². The van der Waals surface area contributed by atoms with Crippen LogP contribution in [0.5, 0.6) is 0 Å². The normalized spacial score (nSPS) is 10.9. The summed E-state index contributed by atoms with van der Waals surface area (Å²) in [6.07, 6.45) is 0. The maximum absolute atomic E-state index is 12.6. The zero-order chi connectivity index (χ0) is 20.6. The molecule has 3 rings (SSSR count). The van der Waals surface area contributed by atoms with Gasteiger partial charge in [-0.25, -0.2) is 0 Å². The SMILES string of the molecule is Nc1[nH]c(=S)[nH]c(=O)c1C(c1ccc([N+](=O)[O-])cc1)c1c(N)[nH]c(=S)[nH]c1=O. The quantitative estimate of drug-likeness (QED) is 0.208. The van der Waals surface area contributed by atoms with Crippen molar-refractivity contribution < 1.29 is 4.92 Å². The molecule has 144 valence electrons. The van der Waals surface area contributed by atoms with Crippen LogP contribution >= 0.6 is 24.4 Å². The minimum atomic E-state index is -1.05. The zero-order valence-electron chi connectivity index (χ0n) is 13.9. The Hall–Kier alpha value is -3.58. The monoisotopic (exact) mass is 419 g/mol. The molecule has 0 amide bonds. The first-order chi connectivity index (χ1) is 13.2. The summed E-state index contributed by atoms with van der Waals surface area (Å²) in [6.45, 7) is 0. The van der Waals surface area contributed by atoms with Crippen molar-refractivity contribution in [3.8, 4) is 0 Å². The van der Waals surface area contributed by atoms with Gasteiger partial charge in [-0.15, -0.1) is 0 Å². The summed E-state index contributed by atoms with van der Waals surface area (Å²) in [5.41, 5.74) is 10.8. The second-order valence-corrected chi connectivity index (χ2v) is 6.57. The van der Waals surface area contributed by atoms with E-state index in [1.807, 2.05) is 0 Å². The number of nitrogens with zero attached hydrogens (tertiary/aromatic N) is 1. The molecule has 0 spiro atoms. The summed E-state index contributed by atoms with van der Waals surface area (Å²) in [4.78, 5) is 45.6. The van der Waals surface area contributed by atoms with E-state index in [1.54, 1.807) is 0 Å². The van der Waals surface area contributed by atoms with E-state index in [0.717, 1.165) is 0 Å². The third-order valence-electron chi connectivity index (χ3n) is 4.03. The summed E-state index contributed by atoms with van der Waals surface area (Å²) < 4.78 is 0.00565. The summed E-state index contributed by atoms with van der Waals surface area (Å²) >= 11 is 9.80. The van der Waals surface area contributed by atoms with E-state index in [-0.39, 0.29) is 38.0 Å². The lowest BCUT2D eigenvalue weighted by Crippen LogP contribution is -2.28. The van der Waals surface area contributed by atoms with Gasteiger partial charge in [-0.1, -0.05) is 12.1 Å². The molecule has 28 heavy (non-hydrogen) atoms. The standard InChI is InChI=1S/C15H13N7O4S2/c16-10-8(12(23)20-14(27)18-10)7(5-1-3-6(4-2-5)22(25)26)9-11(17)19-15(28)21-13(9)24/h1-4,7H,(H4,16,18,20,23,27)(H4,17,19,21,24,28). The molecule has 0 radical (unpaired) electrons. The fraction of sp³-hybridized carbons (Fsp3) is 0.0667. The predicted molar refractivity (Wildman–Crippen MR) is 107 cm³/mol. The average Bonchev–Trinajstić information content (AvgIpc) is 2.58. The van der Waals surface area contributed by atoms with Crippen molar-refractivity contribution in [2.24, 2.45) is 0 Å². The molecule has 0 fully saturated rings. The first-order valence-corrected chi connectivity index (χ1v) is 8.49. The second-order valence-electron chi connectivity index (χ2n) is 5.75. The summed E-state index contributed by atoms with van der Waals surface area (Å²) in [7, 11) is 0. The number of non-ortho nitro benzene ring substituents is 1. The molecule has 0 aliphatic heterocycles. The fourth-order valence-electron chi connectivity index (χ4n) is 2.87. The Kier molecular flexibility index (Phi) is 4.94. The van der Waals surface area contributed by atoms with Gasteiger partial charge in [0.05, 0.1) is 22.0 Å². The lowest BCUT2D eigenvalue weighted by molar-refractivity contribution is -0.384. The van der Waals surface area contributed by atoms with Crippen molar-refractivity contribution in [1.29, 1.82) is 0 Å². The Labute approximate surface area is 165 Å². The number of rotatable bonds is 4. The van der Waals surface area contributed by atoms with Crippen LogP contribution in [-0.4, -0.2) is 24.9 Å². The third-order valence-corrected chi connectivity index (χ3v) is 4.44. The minimum absolute atomic E-state index is 0.00282. The number of hydrogen-bond acceptors (Lipinski definition) is 8. The van der Waals surface area contributed by atoms with Gasteiger partial charge in [0.25, 0.3) is 16.8 Å². The van der Waals surface area contributed by atoms with Crippen LogP contribution in [0.3, 0.4) is 0 Å². The van der Waals surface area contributed by atoms with Gasteiger partial charge in [0.2, 0.25) is 0 Å². The van der Waals surface area contributed by atoms with Gasteiger partial charge in [-0.2, -0.15) is 0 Å². The average molecular weight is 419 g/mol. The van der Waals surface area contributed by atoms with E-state index < -0.39 is 22.0 Å². The summed E-state index contributed by atoms with van der Waals surface area (Å²) in [5, 5.41) is 10.9. The van der Waals surface area contributed by atoms with Crippen molar-refractivity contribution in [1.82, 2.24) is 19.9 Å². The van der Waals surface area contributed by atoms with E-state index in [1.165, 1.54) is 24.3 Å². The van der Waals surface area contributed by atoms with Crippen LogP contribution in [0.2, 0.25) is 0 Å². The molecule has 1 aromatic carbocycles. The van der Waals surface area contributed by atoms with Gasteiger partial charge < -0.3 is 21.4 Å². The molecule has 13 heteroatoms. The third kappa shape index (κ3) is 3.47. The van der Waals surface area contributed by atoms with E-state index >= 15 is 0 Å². The van der Waals surface area contributed by atoms with Gasteiger partial charge in [-0.3, -0.25) is 29.7 Å².